The minimum atomic E-state index is -3.04. The van der Waals surface area contributed by atoms with Gasteiger partial charge in [0.25, 0.3) is 0 Å². The van der Waals surface area contributed by atoms with Crippen LogP contribution in [0, 0.1) is 0 Å². The molecule has 1 aromatic rings. The molecule has 0 radical (unpaired) electrons. The predicted octanol–water partition coefficient (Wildman–Crippen LogP) is 0.978. The maximum atomic E-state index is 11.5. The fraction of sp³-hybridized carbons (Fsp3) is 0.571. The highest BCUT2D eigenvalue weighted by molar-refractivity contribution is 7.88. The van der Waals surface area contributed by atoms with E-state index in [0.29, 0.717) is 13.1 Å². The molecule has 1 N–H and O–H groups in total. The summed E-state index contributed by atoms with van der Waals surface area (Å²) >= 11 is 0. The molecule has 6 heteroatoms. The Morgan fingerprint density at radius 3 is 2.70 bits per heavy atom. The lowest BCUT2D eigenvalue weighted by atomic mass is 10.0. The van der Waals surface area contributed by atoms with Gasteiger partial charge in [-0.15, -0.1) is 0 Å². The average Bonchev–Trinajstić information content (AvgIpc) is 2.88. The second kappa shape index (κ2) is 5.35. The standard InChI is InChI=1S/C14H21N3O2S.H2/c1-20(18,19)17-9-7-16(8-10-17)11-12-3-2-4-14-13(12)5-6-15-14;/h2-4,15H,5-11H2,1H3;1H. The largest absolute Gasteiger partial charge is 0.384 e. The SMILES string of the molecule is CS(=O)(=O)N1CCN(Cc2cccc3c2CCN3)CC1.[HH]. The van der Waals surface area contributed by atoms with Gasteiger partial charge in [-0.3, -0.25) is 4.90 Å². The molecule has 0 bridgehead atoms. The molecule has 2 aliphatic rings. The number of anilines is 1. The van der Waals surface area contributed by atoms with Crippen molar-refractivity contribution in [3.05, 3.63) is 29.3 Å². The van der Waals surface area contributed by atoms with Crippen LogP contribution in [0.2, 0.25) is 0 Å². The number of benzene rings is 1. The van der Waals surface area contributed by atoms with E-state index in [1.165, 1.54) is 23.1 Å². The molecule has 112 valence electrons. The third-order valence-corrected chi connectivity index (χ3v) is 5.46. The van der Waals surface area contributed by atoms with Crippen LogP contribution in [-0.2, 0) is 23.0 Å². The number of piperazine rings is 1. The number of hydrogen-bond donors (Lipinski definition) is 1. The minimum absolute atomic E-state index is 0. The lowest BCUT2D eigenvalue weighted by molar-refractivity contribution is 0.182. The summed E-state index contributed by atoms with van der Waals surface area (Å²) in [5.41, 5.74) is 4.07. The van der Waals surface area contributed by atoms with Crippen LogP contribution in [-0.4, -0.2) is 56.6 Å². The molecule has 0 unspecified atom stereocenters. The number of fused-ring (bicyclic) bond motifs is 1. The van der Waals surface area contributed by atoms with Crippen LogP contribution in [0.4, 0.5) is 5.69 Å². The fourth-order valence-corrected chi connectivity index (χ4v) is 3.85. The minimum Gasteiger partial charge on any atom is -0.384 e. The quantitative estimate of drug-likeness (QED) is 0.903. The van der Waals surface area contributed by atoms with Crippen molar-refractivity contribution in [1.82, 2.24) is 9.21 Å². The Kier molecular flexibility index (Phi) is 3.70. The number of sulfonamides is 1. The zero-order chi connectivity index (χ0) is 14.2. The van der Waals surface area contributed by atoms with Gasteiger partial charge in [0.05, 0.1) is 6.26 Å². The van der Waals surface area contributed by atoms with E-state index in [2.05, 4.69) is 28.4 Å². The lowest BCUT2D eigenvalue weighted by Gasteiger charge is -2.33. The summed E-state index contributed by atoms with van der Waals surface area (Å²) in [6.45, 7) is 4.77. The molecule has 20 heavy (non-hydrogen) atoms. The molecule has 0 aromatic heterocycles. The number of rotatable bonds is 3. The molecule has 1 saturated heterocycles. The molecule has 2 heterocycles. The molecule has 3 rings (SSSR count). The van der Waals surface area contributed by atoms with Crippen LogP contribution in [0.25, 0.3) is 0 Å². The van der Waals surface area contributed by atoms with Crippen molar-refractivity contribution in [2.24, 2.45) is 0 Å². The fourth-order valence-electron chi connectivity index (χ4n) is 3.03. The van der Waals surface area contributed by atoms with Crippen molar-refractivity contribution in [1.29, 1.82) is 0 Å². The van der Waals surface area contributed by atoms with E-state index in [1.807, 2.05) is 0 Å². The smallest absolute Gasteiger partial charge is 0.211 e. The molecular formula is C14H23N3O2S. The average molecular weight is 297 g/mol. The highest BCUT2D eigenvalue weighted by Gasteiger charge is 2.24. The van der Waals surface area contributed by atoms with Gasteiger partial charge < -0.3 is 5.32 Å². The molecule has 0 spiro atoms. The summed E-state index contributed by atoms with van der Waals surface area (Å²) in [6, 6.07) is 6.42. The Morgan fingerprint density at radius 1 is 1.25 bits per heavy atom. The molecular weight excluding hydrogens is 274 g/mol. The predicted molar refractivity (Wildman–Crippen MR) is 82.4 cm³/mol. The van der Waals surface area contributed by atoms with Crippen LogP contribution in [0.3, 0.4) is 0 Å². The zero-order valence-corrected chi connectivity index (χ0v) is 12.6. The van der Waals surface area contributed by atoms with E-state index in [9.17, 15) is 8.42 Å². The third-order valence-electron chi connectivity index (χ3n) is 4.16. The first-order chi connectivity index (χ1) is 9.54. The lowest BCUT2D eigenvalue weighted by Crippen LogP contribution is -2.47. The summed E-state index contributed by atoms with van der Waals surface area (Å²) in [6.07, 6.45) is 2.38. The van der Waals surface area contributed by atoms with E-state index in [1.54, 1.807) is 4.31 Å². The van der Waals surface area contributed by atoms with E-state index < -0.39 is 10.0 Å². The molecule has 5 nitrogen and oxygen atoms in total. The van der Waals surface area contributed by atoms with Gasteiger partial charge in [0.2, 0.25) is 10.0 Å². The Hall–Kier alpha value is -1.11. The monoisotopic (exact) mass is 297 g/mol. The summed E-state index contributed by atoms with van der Waals surface area (Å²) in [7, 11) is -3.04. The van der Waals surface area contributed by atoms with Crippen molar-refractivity contribution in [3.8, 4) is 0 Å². The Labute approximate surface area is 122 Å². The number of nitrogens with zero attached hydrogens (tertiary/aromatic N) is 2. The summed E-state index contributed by atoms with van der Waals surface area (Å²) in [5, 5.41) is 3.40. The van der Waals surface area contributed by atoms with E-state index in [-0.39, 0.29) is 1.43 Å². The Balaban J connectivity index is 0.00000161. The maximum Gasteiger partial charge on any atom is 0.211 e. The normalized spacial score (nSPS) is 20.6. The van der Waals surface area contributed by atoms with Gasteiger partial charge in [-0.05, 0) is 23.6 Å². The van der Waals surface area contributed by atoms with Gasteiger partial charge in [0, 0.05) is 46.4 Å². The van der Waals surface area contributed by atoms with Gasteiger partial charge in [-0.2, -0.15) is 4.31 Å². The van der Waals surface area contributed by atoms with Gasteiger partial charge in [-0.25, -0.2) is 8.42 Å². The van der Waals surface area contributed by atoms with Crippen molar-refractivity contribution in [2.45, 2.75) is 13.0 Å². The van der Waals surface area contributed by atoms with Crippen LogP contribution < -0.4 is 5.32 Å². The number of hydrogen-bond acceptors (Lipinski definition) is 4. The van der Waals surface area contributed by atoms with Gasteiger partial charge in [0.1, 0.15) is 0 Å². The van der Waals surface area contributed by atoms with Gasteiger partial charge in [0.15, 0.2) is 0 Å². The molecule has 0 saturated carbocycles. The van der Waals surface area contributed by atoms with Crippen molar-refractivity contribution in [2.75, 3.05) is 44.3 Å². The highest BCUT2D eigenvalue weighted by atomic mass is 32.2. The van der Waals surface area contributed by atoms with Gasteiger partial charge in [-0.1, -0.05) is 12.1 Å². The second-order valence-electron chi connectivity index (χ2n) is 5.56. The molecule has 1 aromatic carbocycles. The first kappa shape index (κ1) is 13.9. The molecule has 0 amide bonds. The topological polar surface area (TPSA) is 52.7 Å². The summed E-state index contributed by atoms with van der Waals surface area (Å²) < 4.78 is 24.6. The number of nitrogens with one attached hydrogen (secondary N) is 1. The zero-order valence-electron chi connectivity index (χ0n) is 11.8. The van der Waals surface area contributed by atoms with Crippen molar-refractivity contribution >= 4 is 15.7 Å². The van der Waals surface area contributed by atoms with Crippen LogP contribution in [0.5, 0.6) is 0 Å². The van der Waals surface area contributed by atoms with E-state index in [0.717, 1.165) is 32.6 Å². The highest BCUT2D eigenvalue weighted by Crippen LogP contribution is 2.26. The Morgan fingerprint density at radius 2 is 2.00 bits per heavy atom. The molecule has 0 atom stereocenters. The van der Waals surface area contributed by atoms with Crippen LogP contribution in [0.15, 0.2) is 18.2 Å². The maximum absolute atomic E-state index is 11.5. The van der Waals surface area contributed by atoms with Gasteiger partial charge >= 0.3 is 0 Å². The molecule has 0 aliphatic carbocycles. The molecule has 1 fully saturated rings. The van der Waals surface area contributed by atoms with Crippen LogP contribution in [0.1, 0.15) is 12.6 Å². The first-order valence-electron chi connectivity index (χ1n) is 7.06. The van der Waals surface area contributed by atoms with E-state index in [4.69, 9.17) is 0 Å². The first-order valence-corrected chi connectivity index (χ1v) is 8.91. The Bertz CT molecular complexity index is 598. The third kappa shape index (κ3) is 2.82. The van der Waals surface area contributed by atoms with E-state index >= 15 is 0 Å². The van der Waals surface area contributed by atoms with Crippen LogP contribution >= 0.6 is 0 Å². The summed E-state index contributed by atoms with van der Waals surface area (Å²) in [5.74, 6) is 0. The van der Waals surface area contributed by atoms with Crippen molar-refractivity contribution in [3.63, 3.8) is 0 Å². The second-order valence-corrected chi connectivity index (χ2v) is 7.54. The molecule has 2 aliphatic heterocycles. The van der Waals surface area contributed by atoms with Crippen molar-refractivity contribution < 1.29 is 9.84 Å². The summed E-state index contributed by atoms with van der Waals surface area (Å²) in [4.78, 5) is 2.34.